The minimum atomic E-state index is -0.103. The van der Waals surface area contributed by atoms with E-state index in [4.69, 9.17) is 0 Å². The molecule has 1 unspecified atom stereocenters. The molecule has 1 aliphatic carbocycles. The summed E-state index contributed by atoms with van der Waals surface area (Å²) >= 11 is 0. The summed E-state index contributed by atoms with van der Waals surface area (Å²) in [5, 5.41) is 9.03. The van der Waals surface area contributed by atoms with E-state index in [1.165, 1.54) is 12.0 Å². The number of hydrogen-bond acceptors (Lipinski definition) is 2. The monoisotopic (exact) mass is 247 g/mol. The molecule has 2 rings (SSSR count). The third-order valence-corrected chi connectivity index (χ3v) is 3.52. The molecule has 0 saturated heterocycles. The van der Waals surface area contributed by atoms with Crippen LogP contribution in [-0.4, -0.2) is 19.1 Å². The summed E-state index contributed by atoms with van der Waals surface area (Å²) in [5.41, 5.74) is 2.00. The molecule has 98 valence electrons. The Balaban J connectivity index is 1.93. The number of hydrogen-bond donors (Lipinski definition) is 3. The van der Waals surface area contributed by atoms with E-state index in [0.29, 0.717) is 6.04 Å². The van der Waals surface area contributed by atoms with Crippen LogP contribution in [0.3, 0.4) is 0 Å². The van der Waals surface area contributed by atoms with Gasteiger partial charge in [0.1, 0.15) is 0 Å². The summed E-state index contributed by atoms with van der Waals surface area (Å²) in [4.78, 5) is 11.7. The first kappa shape index (κ1) is 12.9. The lowest BCUT2D eigenvalue weighted by Gasteiger charge is -2.26. The van der Waals surface area contributed by atoms with Crippen LogP contribution in [0.5, 0.6) is 0 Å². The second-order valence-electron chi connectivity index (χ2n) is 4.86. The molecule has 1 atom stereocenters. The van der Waals surface area contributed by atoms with E-state index in [0.717, 1.165) is 18.5 Å². The number of urea groups is 1. The Kier molecular flexibility index (Phi) is 4.20. The van der Waals surface area contributed by atoms with Crippen molar-refractivity contribution in [3.8, 4) is 0 Å². The highest BCUT2D eigenvalue weighted by Gasteiger charge is 2.19. The molecule has 0 bridgehead atoms. The lowest BCUT2D eigenvalue weighted by atomic mass is 9.93. The highest BCUT2D eigenvalue weighted by molar-refractivity contribution is 5.89. The van der Waals surface area contributed by atoms with Gasteiger partial charge < -0.3 is 16.0 Å². The quantitative estimate of drug-likeness (QED) is 0.766. The van der Waals surface area contributed by atoms with Gasteiger partial charge in [-0.3, -0.25) is 0 Å². The lowest BCUT2D eigenvalue weighted by molar-refractivity contribution is 0.240. The molecule has 1 saturated carbocycles. The molecule has 3 N–H and O–H groups in total. The molecule has 2 amide bonds. The van der Waals surface area contributed by atoms with E-state index in [-0.39, 0.29) is 12.1 Å². The van der Waals surface area contributed by atoms with Crippen LogP contribution in [0.2, 0.25) is 0 Å². The molecule has 4 nitrogen and oxygen atoms in total. The van der Waals surface area contributed by atoms with Gasteiger partial charge in [0.15, 0.2) is 0 Å². The fourth-order valence-corrected chi connectivity index (χ4v) is 1.96. The number of benzene rings is 1. The van der Waals surface area contributed by atoms with Crippen molar-refractivity contribution in [1.82, 2.24) is 10.6 Å². The first-order valence-electron chi connectivity index (χ1n) is 6.54. The third kappa shape index (κ3) is 3.23. The largest absolute Gasteiger partial charge is 0.335 e. The van der Waals surface area contributed by atoms with Gasteiger partial charge in [-0.15, -0.1) is 0 Å². The molecule has 4 heteroatoms. The first-order chi connectivity index (χ1) is 8.69. The minimum Gasteiger partial charge on any atom is -0.335 e. The van der Waals surface area contributed by atoms with Gasteiger partial charge in [0.2, 0.25) is 0 Å². The van der Waals surface area contributed by atoms with Crippen molar-refractivity contribution in [2.45, 2.75) is 38.3 Å². The maximum Gasteiger partial charge on any atom is 0.319 e. The Morgan fingerprint density at radius 2 is 2.17 bits per heavy atom. The van der Waals surface area contributed by atoms with E-state index in [2.05, 4.69) is 28.9 Å². The van der Waals surface area contributed by atoms with Crippen LogP contribution >= 0.6 is 0 Å². The average Bonchev–Trinajstić information content (AvgIpc) is 2.33. The van der Waals surface area contributed by atoms with Gasteiger partial charge in [-0.05, 0) is 50.9 Å². The van der Waals surface area contributed by atoms with Crippen LogP contribution in [-0.2, 0) is 0 Å². The number of nitrogens with one attached hydrogen (secondary N) is 3. The van der Waals surface area contributed by atoms with E-state index in [1.807, 2.05) is 25.2 Å². The molecule has 1 aliphatic rings. The van der Waals surface area contributed by atoms with E-state index in [9.17, 15) is 4.79 Å². The van der Waals surface area contributed by atoms with Crippen LogP contribution in [0.15, 0.2) is 24.3 Å². The minimum absolute atomic E-state index is 0.103. The Labute approximate surface area is 108 Å². The Morgan fingerprint density at radius 1 is 1.39 bits per heavy atom. The van der Waals surface area contributed by atoms with Crippen LogP contribution in [0.4, 0.5) is 10.5 Å². The molecule has 0 aliphatic heterocycles. The summed E-state index contributed by atoms with van der Waals surface area (Å²) in [6.07, 6.45) is 3.43. The number of amides is 2. The zero-order valence-electron chi connectivity index (χ0n) is 11.0. The van der Waals surface area contributed by atoms with Crippen LogP contribution in [0, 0.1) is 0 Å². The lowest BCUT2D eigenvalue weighted by Crippen LogP contribution is -2.41. The van der Waals surface area contributed by atoms with E-state index < -0.39 is 0 Å². The van der Waals surface area contributed by atoms with Gasteiger partial charge in [-0.2, -0.15) is 0 Å². The van der Waals surface area contributed by atoms with Gasteiger partial charge in [-0.1, -0.05) is 12.1 Å². The maximum atomic E-state index is 11.7. The molecular weight excluding hydrogens is 226 g/mol. The van der Waals surface area contributed by atoms with Crippen molar-refractivity contribution in [2.24, 2.45) is 0 Å². The number of anilines is 1. The van der Waals surface area contributed by atoms with Crippen molar-refractivity contribution in [2.75, 3.05) is 12.4 Å². The van der Waals surface area contributed by atoms with Crippen molar-refractivity contribution >= 4 is 11.7 Å². The molecule has 1 aromatic carbocycles. The van der Waals surface area contributed by atoms with Crippen molar-refractivity contribution in [3.63, 3.8) is 0 Å². The molecule has 1 aromatic rings. The fraction of sp³-hybridized carbons (Fsp3) is 0.500. The van der Waals surface area contributed by atoms with Gasteiger partial charge in [-0.25, -0.2) is 4.79 Å². The van der Waals surface area contributed by atoms with E-state index in [1.54, 1.807) is 0 Å². The average molecular weight is 247 g/mol. The summed E-state index contributed by atoms with van der Waals surface area (Å²) < 4.78 is 0. The normalized spacial score (nSPS) is 16.8. The maximum absolute atomic E-state index is 11.7. The highest BCUT2D eigenvalue weighted by Crippen LogP contribution is 2.19. The van der Waals surface area contributed by atoms with Gasteiger partial charge in [0.25, 0.3) is 0 Å². The predicted octanol–water partition coefficient (Wildman–Crippen LogP) is 2.64. The standard InChI is InChI=1S/C14H21N3O/c1-10(15-2)11-5-3-8-13(9-11)17-14(18)16-12-6-4-7-12/h3,5,8-10,12,15H,4,6-7H2,1-2H3,(H2,16,17,18). The predicted molar refractivity (Wildman–Crippen MR) is 73.7 cm³/mol. The molecule has 0 radical (unpaired) electrons. The van der Waals surface area contributed by atoms with Crippen molar-refractivity contribution in [1.29, 1.82) is 0 Å². The van der Waals surface area contributed by atoms with Gasteiger partial charge in [0.05, 0.1) is 0 Å². The highest BCUT2D eigenvalue weighted by atomic mass is 16.2. The van der Waals surface area contributed by atoms with Gasteiger partial charge >= 0.3 is 6.03 Å². The first-order valence-corrected chi connectivity index (χ1v) is 6.54. The summed E-state index contributed by atoms with van der Waals surface area (Å²) in [6.45, 7) is 2.09. The van der Waals surface area contributed by atoms with Crippen LogP contribution in [0.1, 0.15) is 37.8 Å². The Morgan fingerprint density at radius 3 is 2.78 bits per heavy atom. The van der Waals surface area contributed by atoms with Crippen molar-refractivity contribution in [3.05, 3.63) is 29.8 Å². The SMILES string of the molecule is CNC(C)c1cccc(NC(=O)NC2CCC2)c1. The number of rotatable bonds is 4. The zero-order valence-corrected chi connectivity index (χ0v) is 11.0. The molecular formula is C14H21N3O. The smallest absolute Gasteiger partial charge is 0.319 e. The third-order valence-electron chi connectivity index (χ3n) is 3.52. The fourth-order valence-electron chi connectivity index (χ4n) is 1.96. The zero-order chi connectivity index (χ0) is 13.0. The van der Waals surface area contributed by atoms with Crippen molar-refractivity contribution < 1.29 is 4.79 Å². The Bertz CT molecular complexity index is 415. The topological polar surface area (TPSA) is 53.2 Å². The summed E-state index contributed by atoms with van der Waals surface area (Å²) in [5.74, 6) is 0. The molecule has 1 fully saturated rings. The van der Waals surface area contributed by atoms with E-state index >= 15 is 0 Å². The molecule has 0 spiro atoms. The molecule has 18 heavy (non-hydrogen) atoms. The van der Waals surface area contributed by atoms with Crippen LogP contribution in [0.25, 0.3) is 0 Å². The second kappa shape index (κ2) is 5.87. The van der Waals surface area contributed by atoms with Gasteiger partial charge in [0, 0.05) is 17.8 Å². The summed E-state index contributed by atoms with van der Waals surface area (Å²) in [6, 6.07) is 8.46. The number of carbonyl (C=O) groups is 1. The second-order valence-corrected chi connectivity index (χ2v) is 4.86. The van der Waals surface area contributed by atoms with Crippen LogP contribution < -0.4 is 16.0 Å². The summed E-state index contributed by atoms with van der Waals surface area (Å²) in [7, 11) is 1.92. The Hall–Kier alpha value is -1.55. The number of carbonyl (C=O) groups excluding carboxylic acids is 1. The molecule has 0 heterocycles. The molecule has 0 aromatic heterocycles.